The Bertz CT molecular complexity index is 475. The molecule has 1 rings (SSSR count). The summed E-state index contributed by atoms with van der Waals surface area (Å²) in [6, 6.07) is 1.50. The van der Waals surface area contributed by atoms with E-state index in [1.165, 1.54) is 12.3 Å². The molecule has 118 valence electrons. The van der Waals surface area contributed by atoms with Gasteiger partial charge in [0.25, 0.3) is 0 Å². The fourth-order valence-corrected chi connectivity index (χ4v) is 1.47. The SMILES string of the molecule is O.O.O=c1nc(NC[C@@H](CO)OCP(=O)(O)O)cc[nH]1. The molecule has 9 N–H and O–H groups in total. The molecule has 1 aromatic heterocycles. The molecule has 1 aromatic rings. The van der Waals surface area contributed by atoms with Gasteiger partial charge >= 0.3 is 13.3 Å². The Balaban J connectivity index is 0. The molecular formula is C8H18N3O8P. The van der Waals surface area contributed by atoms with Gasteiger partial charge in [0.1, 0.15) is 12.2 Å². The minimum Gasteiger partial charge on any atom is -0.412 e. The van der Waals surface area contributed by atoms with Crippen molar-refractivity contribution in [3.63, 3.8) is 0 Å². The highest BCUT2D eigenvalue weighted by atomic mass is 31.2. The van der Waals surface area contributed by atoms with E-state index in [1.807, 2.05) is 0 Å². The first-order chi connectivity index (χ1) is 8.40. The van der Waals surface area contributed by atoms with Crippen molar-refractivity contribution in [3.05, 3.63) is 22.7 Å². The lowest BCUT2D eigenvalue weighted by atomic mass is 10.3. The van der Waals surface area contributed by atoms with Crippen LogP contribution in [0.15, 0.2) is 17.1 Å². The van der Waals surface area contributed by atoms with Crippen LogP contribution in [-0.4, -0.2) is 61.4 Å². The molecule has 0 bridgehead atoms. The molecule has 11 nitrogen and oxygen atoms in total. The lowest BCUT2D eigenvalue weighted by Gasteiger charge is -2.16. The Kier molecular flexibility index (Phi) is 10.0. The first kappa shape index (κ1) is 21.0. The van der Waals surface area contributed by atoms with Crippen molar-refractivity contribution in [1.29, 1.82) is 0 Å². The van der Waals surface area contributed by atoms with E-state index in [9.17, 15) is 9.36 Å². The summed E-state index contributed by atoms with van der Waals surface area (Å²) in [5.41, 5.74) is -0.531. The summed E-state index contributed by atoms with van der Waals surface area (Å²) >= 11 is 0. The van der Waals surface area contributed by atoms with Crippen LogP contribution in [0.4, 0.5) is 5.82 Å². The van der Waals surface area contributed by atoms with Gasteiger partial charge in [-0.05, 0) is 6.07 Å². The van der Waals surface area contributed by atoms with Gasteiger partial charge in [-0.3, -0.25) is 4.57 Å². The standard InChI is InChI=1S/C8H14N3O6P.2H2O/c12-4-6(17-5-18(14,15)16)3-10-7-1-2-9-8(13)11-7;;/h1-2,6,12H,3-5H2,(H2,14,15,16)(H2,9,10,11,13);2*1H2/t6-;;/m0../s1. The van der Waals surface area contributed by atoms with Crippen molar-refractivity contribution in [2.75, 3.05) is 24.8 Å². The second-order valence-corrected chi connectivity index (χ2v) is 5.01. The maximum absolute atomic E-state index is 10.9. The number of ether oxygens (including phenoxy) is 1. The average molecular weight is 315 g/mol. The number of hydrogen-bond donors (Lipinski definition) is 5. The fraction of sp³-hybridized carbons (Fsp3) is 0.500. The number of aliphatic hydroxyl groups excluding tert-OH is 1. The maximum Gasteiger partial charge on any atom is 0.350 e. The van der Waals surface area contributed by atoms with Crippen molar-refractivity contribution in [3.8, 4) is 0 Å². The Morgan fingerprint density at radius 2 is 2.10 bits per heavy atom. The predicted molar refractivity (Wildman–Crippen MR) is 69.4 cm³/mol. The van der Waals surface area contributed by atoms with E-state index in [0.717, 1.165) is 0 Å². The summed E-state index contributed by atoms with van der Waals surface area (Å²) in [5, 5.41) is 11.7. The third-order valence-electron chi connectivity index (χ3n) is 1.86. The van der Waals surface area contributed by atoms with E-state index in [-0.39, 0.29) is 23.3 Å². The van der Waals surface area contributed by atoms with E-state index >= 15 is 0 Å². The number of aromatic amines is 1. The van der Waals surface area contributed by atoms with E-state index < -0.39 is 32.3 Å². The number of anilines is 1. The molecule has 0 amide bonds. The number of rotatable bonds is 7. The molecule has 0 aromatic carbocycles. The number of hydrogen-bond acceptors (Lipinski definition) is 6. The minimum atomic E-state index is -4.27. The van der Waals surface area contributed by atoms with Gasteiger partial charge in [-0.15, -0.1) is 0 Å². The Hall–Kier alpha value is -1.33. The molecule has 0 fully saturated rings. The van der Waals surface area contributed by atoms with E-state index in [2.05, 4.69) is 15.3 Å². The normalized spacial score (nSPS) is 11.9. The third-order valence-corrected chi connectivity index (χ3v) is 2.35. The number of aliphatic hydroxyl groups is 1. The van der Waals surface area contributed by atoms with Crippen molar-refractivity contribution < 1.29 is 35.1 Å². The largest absolute Gasteiger partial charge is 0.412 e. The van der Waals surface area contributed by atoms with Crippen LogP contribution < -0.4 is 11.0 Å². The van der Waals surface area contributed by atoms with Crippen LogP contribution in [0.2, 0.25) is 0 Å². The lowest BCUT2D eigenvalue weighted by molar-refractivity contribution is 0.0389. The maximum atomic E-state index is 10.9. The molecular weight excluding hydrogens is 297 g/mol. The molecule has 0 spiro atoms. The van der Waals surface area contributed by atoms with Crippen LogP contribution in [0, 0.1) is 0 Å². The highest BCUT2D eigenvalue weighted by molar-refractivity contribution is 7.51. The second-order valence-electron chi connectivity index (χ2n) is 3.43. The van der Waals surface area contributed by atoms with E-state index in [1.54, 1.807) is 0 Å². The molecule has 0 radical (unpaired) electrons. The zero-order valence-corrected chi connectivity index (χ0v) is 11.2. The van der Waals surface area contributed by atoms with Crippen molar-refractivity contribution in [2.45, 2.75) is 6.10 Å². The van der Waals surface area contributed by atoms with Crippen LogP contribution in [0.1, 0.15) is 0 Å². The first-order valence-corrected chi connectivity index (χ1v) is 6.77. The molecule has 20 heavy (non-hydrogen) atoms. The van der Waals surface area contributed by atoms with Crippen LogP contribution in [0.5, 0.6) is 0 Å². The Labute approximate surface area is 113 Å². The minimum absolute atomic E-state index is 0. The predicted octanol–water partition coefficient (Wildman–Crippen LogP) is -2.95. The van der Waals surface area contributed by atoms with Gasteiger partial charge in [-0.2, -0.15) is 4.98 Å². The Morgan fingerprint density at radius 1 is 1.45 bits per heavy atom. The van der Waals surface area contributed by atoms with Gasteiger partial charge in [-0.25, -0.2) is 4.79 Å². The van der Waals surface area contributed by atoms with Crippen molar-refractivity contribution >= 4 is 13.4 Å². The monoisotopic (exact) mass is 315 g/mol. The van der Waals surface area contributed by atoms with Crippen LogP contribution in [0.3, 0.4) is 0 Å². The fourth-order valence-electron chi connectivity index (χ4n) is 1.07. The zero-order chi connectivity index (χ0) is 13.6. The molecule has 0 aliphatic heterocycles. The smallest absolute Gasteiger partial charge is 0.350 e. The number of H-pyrrole nitrogens is 1. The summed E-state index contributed by atoms with van der Waals surface area (Å²) in [7, 11) is -4.27. The second kappa shape index (κ2) is 9.55. The van der Waals surface area contributed by atoms with Crippen molar-refractivity contribution in [1.82, 2.24) is 9.97 Å². The van der Waals surface area contributed by atoms with Crippen LogP contribution in [0.25, 0.3) is 0 Å². The summed E-state index contributed by atoms with van der Waals surface area (Å²) in [6.07, 6.45) is -0.191. The molecule has 12 heteroatoms. The number of aromatic nitrogens is 2. The zero-order valence-electron chi connectivity index (χ0n) is 10.3. The number of nitrogens with one attached hydrogen (secondary N) is 2. The highest BCUT2D eigenvalue weighted by Crippen LogP contribution is 2.34. The highest BCUT2D eigenvalue weighted by Gasteiger charge is 2.17. The molecule has 0 saturated carbocycles. The molecule has 0 saturated heterocycles. The average Bonchev–Trinajstić information content (AvgIpc) is 2.28. The van der Waals surface area contributed by atoms with Gasteiger partial charge in [0.2, 0.25) is 0 Å². The Morgan fingerprint density at radius 3 is 2.60 bits per heavy atom. The first-order valence-electron chi connectivity index (χ1n) is 4.97. The van der Waals surface area contributed by atoms with Crippen LogP contribution >= 0.6 is 7.60 Å². The molecule has 1 atom stereocenters. The quantitative estimate of drug-likeness (QED) is 0.327. The molecule has 0 unspecified atom stereocenters. The summed E-state index contributed by atoms with van der Waals surface area (Å²) in [6.45, 7) is -0.358. The topological polar surface area (TPSA) is 208 Å². The van der Waals surface area contributed by atoms with Crippen LogP contribution in [-0.2, 0) is 9.30 Å². The molecule has 0 aliphatic carbocycles. The summed E-state index contributed by atoms with van der Waals surface area (Å²) in [5.74, 6) is 0.275. The van der Waals surface area contributed by atoms with Crippen molar-refractivity contribution in [2.24, 2.45) is 0 Å². The van der Waals surface area contributed by atoms with Gasteiger partial charge < -0.3 is 40.9 Å². The summed E-state index contributed by atoms with van der Waals surface area (Å²) in [4.78, 5) is 34.0. The van der Waals surface area contributed by atoms with Gasteiger partial charge in [0.05, 0.1) is 12.7 Å². The van der Waals surface area contributed by atoms with E-state index in [4.69, 9.17) is 19.6 Å². The molecule has 0 aliphatic rings. The van der Waals surface area contributed by atoms with Gasteiger partial charge in [-0.1, -0.05) is 0 Å². The molecule has 1 heterocycles. The lowest BCUT2D eigenvalue weighted by Crippen LogP contribution is -2.28. The third kappa shape index (κ3) is 8.72. The van der Waals surface area contributed by atoms with Gasteiger partial charge in [0, 0.05) is 12.7 Å². The summed E-state index contributed by atoms with van der Waals surface area (Å²) < 4.78 is 15.4. The number of nitrogens with zero attached hydrogens (tertiary/aromatic N) is 1. The van der Waals surface area contributed by atoms with Gasteiger partial charge in [0.15, 0.2) is 0 Å². The van der Waals surface area contributed by atoms with E-state index in [0.29, 0.717) is 0 Å².